The van der Waals surface area contributed by atoms with Crippen molar-refractivity contribution in [2.75, 3.05) is 24.4 Å². The number of hydrogen-bond acceptors (Lipinski definition) is 4. The summed E-state index contributed by atoms with van der Waals surface area (Å²) in [6.07, 6.45) is 0. The predicted molar refractivity (Wildman–Crippen MR) is 108 cm³/mol. The van der Waals surface area contributed by atoms with Gasteiger partial charge in [-0.15, -0.1) is 0 Å². The van der Waals surface area contributed by atoms with Gasteiger partial charge < -0.3 is 14.8 Å². The zero-order valence-electron chi connectivity index (χ0n) is 15.9. The summed E-state index contributed by atoms with van der Waals surface area (Å²) in [5.74, 6) is 0.620. The molecule has 0 saturated carbocycles. The normalized spacial score (nSPS) is 13.5. The molecule has 6 nitrogen and oxygen atoms in total. The molecule has 4 rings (SSSR count). The van der Waals surface area contributed by atoms with Gasteiger partial charge in [-0.05, 0) is 36.6 Å². The Hall–Kier alpha value is -3.54. The molecule has 0 bridgehead atoms. The van der Waals surface area contributed by atoms with Gasteiger partial charge in [-0.2, -0.15) is 0 Å². The van der Waals surface area contributed by atoms with Crippen molar-refractivity contribution >= 4 is 34.0 Å². The van der Waals surface area contributed by atoms with Crippen molar-refractivity contribution in [1.82, 2.24) is 0 Å². The van der Waals surface area contributed by atoms with Gasteiger partial charge >= 0.3 is 0 Å². The highest BCUT2D eigenvalue weighted by Crippen LogP contribution is 2.38. The van der Waals surface area contributed by atoms with Crippen molar-refractivity contribution in [2.45, 2.75) is 13.0 Å². The Labute approximate surface area is 162 Å². The highest BCUT2D eigenvalue weighted by atomic mass is 16.5. The number of carbonyl (C=O) groups excluding carboxylic acids is 2. The predicted octanol–water partition coefficient (Wildman–Crippen LogP) is 3.84. The third-order valence-electron chi connectivity index (χ3n) is 5.02. The number of nitrogens with one attached hydrogen (secondary N) is 1. The molecule has 0 fully saturated rings. The van der Waals surface area contributed by atoms with Crippen LogP contribution in [-0.4, -0.2) is 32.1 Å². The van der Waals surface area contributed by atoms with Crippen LogP contribution in [0.2, 0.25) is 0 Å². The lowest BCUT2D eigenvalue weighted by molar-refractivity contribution is -0.117. The van der Waals surface area contributed by atoms with Crippen molar-refractivity contribution in [1.29, 1.82) is 0 Å². The van der Waals surface area contributed by atoms with Crippen LogP contribution in [-0.2, 0) is 4.79 Å². The number of methoxy groups -OCH3 is 2. The van der Waals surface area contributed by atoms with E-state index in [-0.39, 0.29) is 11.8 Å². The summed E-state index contributed by atoms with van der Waals surface area (Å²) in [5.41, 5.74) is 1.85. The molecule has 3 aromatic rings. The van der Waals surface area contributed by atoms with Crippen LogP contribution in [0.5, 0.6) is 11.5 Å². The van der Waals surface area contributed by atoms with Crippen molar-refractivity contribution in [3.8, 4) is 11.5 Å². The fourth-order valence-corrected chi connectivity index (χ4v) is 3.59. The smallest absolute Gasteiger partial charge is 0.259 e. The molecular weight excluding hydrogens is 356 g/mol. The lowest BCUT2D eigenvalue weighted by Gasteiger charge is -2.25. The largest absolute Gasteiger partial charge is 0.497 e. The van der Waals surface area contributed by atoms with E-state index in [0.29, 0.717) is 22.7 Å². The van der Waals surface area contributed by atoms with Crippen LogP contribution in [0.1, 0.15) is 17.3 Å². The van der Waals surface area contributed by atoms with E-state index >= 15 is 0 Å². The van der Waals surface area contributed by atoms with E-state index in [9.17, 15) is 9.59 Å². The fraction of sp³-hybridized carbons (Fsp3) is 0.182. The zero-order valence-corrected chi connectivity index (χ0v) is 15.9. The molecule has 1 aliphatic heterocycles. The third-order valence-corrected chi connectivity index (χ3v) is 5.02. The summed E-state index contributed by atoms with van der Waals surface area (Å²) in [6.45, 7) is 1.71. The topological polar surface area (TPSA) is 67.9 Å². The number of benzene rings is 3. The van der Waals surface area contributed by atoms with Crippen molar-refractivity contribution in [2.24, 2.45) is 0 Å². The molecule has 0 unspecified atom stereocenters. The van der Waals surface area contributed by atoms with Gasteiger partial charge in [0, 0.05) is 17.0 Å². The van der Waals surface area contributed by atoms with Crippen LogP contribution in [0.25, 0.3) is 10.8 Å². The van der Waals surface area contributed by atoms with Crippen LogP contribution >= 0.6 is 0 Å². The molecule has 0 spiro atoms. The maximum Gasteiger partial charge on any atom is 0.259 e. The molecule has 142 valence electrons. The number of ether oxygens (including phenoxy) is 2. The van der Waals surface area contributed by atoms with E-state index in [1.807, 2.05) is 30.3 Å². The molecule has 1 aliphatic rings. The van der Waals surface area contributed by atoms with Crippen LogP contribution in [0, 0.1) is 0 Å². The molecule has 6 heteroatoms. The molecule has 28 heavy (non-hydrogen) atoms. The Morgan fingerprint density at radius 1 is 1.04 bits per heavy atom. The second-order valence-electron chi connectivity index (χ2n) is 6.59. The van der Waals surface area contributed by atoms with Crippen molar-refractivity contribution < 1.29 is 19.1 Å². The quantitative estimate of drug-likeness (QED) is 0.735. The summed E-state index contributed by atoms with van der Waals surface area (Å²) in [5, 5.41) is 4.72. The molecule has 0 aliphatic carbocycles. The molecule has 0 saturated heterocycles. The first kappa shape index (κ1) is 17.9. The molecule has 2 amide bonds. The minimum absolute atomic E-state index is 0.174. The number of nitrogens with zero attached hydrogens (tertiary/aromatic N) is 1. The summed E-state index contributed by atoms with van der Waals surface area (Å²) in [4.78, 5) is 27.5. The Morgan fingerprint density at radius 2 is 1.79 bits per heavy atom. The lowest BCUT2D eigenvalue weighted by Crippen LogP contribution is -2.44. The first-order valence-corrected chi connectivity index (χ1v) is 8.93. The van der Waals surface area contributed by atoms with Gasteiger partial charge in [0.2, 0.25) is 5.91 Å². The molecular formula is C22H20N2O4. The molecule has 1 heterocycles. The van der Waals surface area contributed by atoms with Crippen LogP contribution in [0.3, 0.4) is 0 Å². The summed E-state index contributed by atoms with van der Waals surface area (Å²) < 4.78 is 10.5. The zero-order chi connectivity index (χ0) is 19.8. The Bertz CT molecular complexity index is 1090. The van der Waals surface area contributed by atoms with E-state index in [0.717, 1.165) is 16.5 Å². The second kappa shape index (κ2) is 6.88. The lowest BCUT2D eigenvalue weighted by atomic mass is 10.1. The van der Waals surface area contributed by atoms with Gasteiger partial charge in [-0.25, -0.2) is 0 Å². The van der Waals surface area contributed by atoms with Crippen molar-refractivity contribution in [3.63, 3.8) is 0 Å². The highest BCUT2D eigenvalue weighted by molar-refractivity contribution is 6.27. The first-order chi connectivity index (χ1) is 13.5. The number of anilines is 2. The first-order valence-electron chi connectivity index (χ1n) is 8.93. The van der Waals surface area contributed by atoms with Gasteiger partial charge in [-0.3, -0.25) is 14.5 Å². The van der Waals surface area contributed by atoms with E-state index in [2.05, 4.69) is 5.32 Å². The minimum Gasteiger partial charge on any atom is -0.497 e. The van der Waals surface area contributed by atoms with Crippen LogP contribution < -0.4 is 19.7 Å². The van der Waals surface area contributed by atoms with E-state index < -0.39 is 6.04 Å². The number of amides is 2. The average molecular weight is 376 g/mol. The maximum atomic E-state index is 13.0. The Balaban J connectivity index is 1.66. The number of carbonyl (C=O) groups is 2. The van der Waals surface area contributed by atoms with Gasteiger partial charge in [0.15, 0.2) is 0 Å². The van der Waals surface area contributed by atoms with Crippen LogP contribution in [0.15, 0.2) is 54.6 Å². The van der Waals surface area contributed by atoms with Gasteiger partial charge in [0.25, 0.3) is 5.91 Å². The van der Waals surface area contributed by atoms with Gasteiger partial charge in [0.05, 0.1) is 25.6 Å². The van der Waals surface area contributed by atoms with E-state index in [4.69, 9.17) is 9.47 Å². The van der Waals surface area contributed by atoms with Crippen molar-refractivity contribution in [3.05, 3.63) is 60.2 Å². The van der Waals surface area contributed by atoms with E-state index in [1.54, 1.807) is 43.2 Å². The monoisotopic (exact) mass is 376 g/mol. The fourth-order valence-electron chi connectivity index (χ4n) is 3.59. The molecule has 3 aromatic carbocycles. The molecule has 0 radical (unpaired) electrons. The SMILES string of the molecule is COc1ccc(OC)c(NC(=O)[C@@H](C)N2C(=O)c3cccc4cccc2c34)c1. The summed E-state index contributed by atoms with van der Waals surface area (Å²) in [6, 6.07) is 15.8. The Morgan fingerprint density at radius 3 is 2.50 bits per heavy atom. The van der Waals surface area contributed by atoms with Gasteiger partial charge in [-0.1, -0.05) is 24.3 Å². The third kappa shape index (κ3) is 2.74. The minimum atomic E-state index is -0.707. The van der Waals surface area contributed by atoms with Crippen LogP contribution in [0.4, 0.5) is 11.4 Å². The van der Waals surface area contributed by atoms with Gasteiger partial charge in [0.1, 0.15) is 17.5 Å². The molecule has 0 aromatic heterocycles. The highest BCUT2D eigenvalue weighted by Gasteiger charge is 2.35. The molecule has 1 N–H and O–H groups in total. The standard InChI is InChI=1S/C22H20N2O4/c1-13(21(25)23-17-12-15(27-2)10-11-19(17)28-3)24-18-9-5-7-14-6-4-8-16(20(14)18)22(24)26/h4-13H,1-3H3,(H,23,25)/t13-/m1/s1. The Kier molecular flexibility index (Phi) is 4.39. The van der Waals surface area contributed by atoms with E-state index in [1.165, 1.54) is 7.11 Å². The maximum absolute atomic E-state index is 13.0. The second-order valence-corrected chi connectivity index (χ2v) is 6.59. The summed E-state index contributed by atoms with van der Waals surface area (Å²) in [7, 11) is 3.08. The number of rotatable bonds is 5. The summed E-state index contributed by atoms with van der Waals surface area (Å²) >= 11 is 0. The number of hydrogen-bond donors (Lipinski definition) is 1. The molecule has 1 atom stereocenters. The average Bonchev–Trinajstić information content (AvgIpc) is 3.01.